The van der Waals surface area contributed by atoms with Gasteiger partial charge in [-0.05, 0) is 43.2 Å². The average molecular weight is 292 g/mol. The molecule has 0 heterocycles. The van der Waals surface area contributed by atoms with Crippen molar-refractivity contribution in [1.82, 2.24) is 5.32 Å². The fourth-order valence-electron chi connectivity index (χ4n) is 2.00. The van der Waals surface area contributed by atoms with Crippen molar-refractivity contribution in [2.75, 3.05) is 0 Å². The lowest BCUT2D eigenvalue weighted by Gasteiger charge is -2.12. The van der Waals surface area contributed by atoms with Crippen molar-refractivity contribution in [3.8, 4) is 11.5 Å². The molecule has 0 saturated heterocycles. The standard InChI is InChI=1S/C16H15ClFNO/c17-11-3-1-4-13(9-11)20-16-6-2-5-15(18)14(16)10-19-12-7-8-12/h1-6,9,12,19H,7-8,10H2. The summed E-state index contributed by atoms with van der Waals surface area (Å²) in [7, 11) is 0. The highest BCUT2D eigenvalue weighted by molar-refractivity contribution is 6.30. The second-order valence-corrected chi connectivity index (χ2v) is 5.37. The number of rotatable bonds is 5. The number of benzene rings is 2. The molecule has 1 aliphatic carbocycles. The average Bonchev–Trinajstić information content (AvgIpc) is 3.22. The lowest BCUT2D eigenvalue weighted by molar-refractivity contribution is 0.461. The van der Waals surface area contributed by atoms with Crippen molar-refractivity contribution in [3.05, 3.63) is 58.9 Å². The molecule has 1 N–H and O–H groups in total. The van der Waals surface area contributed by atoms with Crippen LogP contribution in [0.15, 0.2) is 42.5 Å². The molecule has 3 rings (SSSR count). The molecule has 0 radical (unpaired) electrons. The summed E-state index contributed by atoms with van der Waals surface area (Å²) in [5.74, 6) is 0.883. The van der Waals surface area contributed by atoms with Gasteiger partial charge >= 0.3 is 0 Å². The molecule has 1 saturated carbocycles. The van der Waals surface area contributed by atoms with Crippen LogP contribution in [-0.4, -0.2) is 6.04 Å². The van der Waals surface area contributed by atoms with Crippen LogP contribution in [0.25, 0.3) is 0 Å². The molecule has 0 aromatic heterocycles. The molecule has 1 fully saturated rings. The molecule has 0 amide bonds. The van der Waals surface area contributed by atoms with E-state index in [4.69, 9.17) is 16.3 Å². The lowest BCUT2D eigenvalue weighted by atomic mass is 10.2. The Labute approximate surface area is 122 Å². The first kappa shape index (κ1) is 13.4. The summed E-state index contributed by atoms with van der Waals surface area (Å²) in [4.78, 5) is 0. The van der Waals surface area contributed by atoms with E-state index in [0.717, 1.165) is 0 Å². The Hall–Kier alpha value is -1.58. The number of ether oxygens (including phenoxy) is 1. The third-order valence-corrected chi connectivity index (χ3v) is 3.48. The van der Waals surface area contributed by atoms with E-state index >= 15 is 0 Å². The fourth-order valence-corrected chi connectivity index (χ4v) is 2.18. The van der Waals surface area contributed by atoms with Crippen molar-refractivity contribution in [2.45, 2.75) is 25.4 Å². The van der Waals surface area contributed by atoms with E-state index in [-0.39, 0.29) is 5.82 Å². The van der Waals surface area contributed by atoms with Gasteiger partial charge in [-0.1, -0.05) is 23.7 Å². The van der Waals surface area contributed by atoms with Gasteiger partial charge in [-0.3, -0.25) is 0 Å². The Morgan fingerprint density at radius 1 is 1.20 bits per heavy atom. The van der Waals surface area contributed by atoms with E-state index in [1.165, 1.54) is 18.9 Å². The molecule has 2 nitrogen and oxygen atoms in total. The summed E-state index contributed by atoms with van der Waals surface area (Å²) in [6, 6.07) is 12.5. The van der Waals surface area contributed by atoms with E-state index in [1.807, 2.05) is 0 Å². The summed E-state index contributed by atoms with van der Waals surface area (Å²) in [6.45, 7) is 0.479. The predicted octanol–water partition coefficient (Wildman–Crippen LogP) is 4.52. The highest BCUT2D eigenvalue weighted by Gasteiger charge is 2.21. The first-order valence-electron chi connectivity index (χ1n) is 6.66. The van der Waals surface area contributed by atoms with Gasteiger partial charge in [-0.2, -0.15) is 0 Å². The van der Waals surface area contributed by atoms with E-state index in [9.17, 15) is 4.39 Å². The first-order valence-corrected chi connectivity index (χ1v) is 7.04. The molecule has 104 valence electrons. The van der Waals surface area contributed by atoms with Crippen LogP contribution >= 0.6 is 11.6 Å². The van der Waals surface area contributed by atoms with E-state index in [2.05, 4.69) is 5.32 Å². The highest BCUT2D eigenvalue weighted by atomic mass is 35.5. The van der Waals surface area contributed by atoms with Gasteiger partial charge in [0, 0.05) is 23.2 Å². The zero-order valence-corrected chi connectivity index (χ0v) is 11.7. The summed E-state index contributed by atoms with van der Waals surface area (Å²) >= 11 is 5.93. The van der Waals surface area contributed by atoms with Gasteiger partial charge in [0.25, 0.3) is 0 Å². The molecule has 2 aromatic rings. The van der Waals surface area contributed by atoms with Gasteiger partial charge in [0.2, 0.25) is 0 Å². The maximum absolute atomic E-state index is 14.0. The van der Waals surface area contributed by atoms with Crippen LogP contribution in [-0.2, 0) is 6.54 Å². The second-order valence-electron chi connectivity index (χ2n) is 4.93. The van der Waals surface area contributed by atoms with Gasteiger partial charge in [0.15, 0.2) is 0 Å². The van der Waals surface area contributed by atoms with Gasteiger partial charge in [-0.15, -0.1) is 0 Å². The molecular weight excluding hydrogens is 277 g/mol. The van der Waals surface area contributed by atoms with Gasteiger partial charge in [-0.25, -0.2) is 4.39 Å². The SMILES string of the molecule is Fc1cccc(Oc2cccc(Cl)c2)c1CNC1CC1. The molecular formula is C16H15ClFNO. The Balaban J connectivity index is 1.82. The number of halogens is 2. The maximum atomic E-state index is 14.0. The highest BCUT2D eigenvalue weighted by Crippen LogP contribution is 2.29. The van der Waals surface area contributed by atoms with Crippen molar-refractivity contribution in [1.29, 1.82) is 0 Å². The number of hydrogen-bond acceptors (Lipinski definition) is 2. The van der Waals surface area contributed by atoms with Crippen LogP contribution < -0.4 is 10.1 Å². The van der Waals surface area contributed by atoms with E-state index in [1.54, 1.807) is 36.4 Å². The van der Waals surface area contributed by atoms with Crippen LogP contribution in [0, 0.1) is 5.82 Å². The molecule has 2 aromatic carbocycles. The molecule has 0 aliphatic heterocycles. The molecule has 20 heavy (non-hydrogen) atoms. The van der Waals surface area contributed by atoms with E-state index in [0.29, 0.717) is 34.7 Å². The maximum Gasteiger partial charge on any atom is 0.134 e. The van der Waals surface area contributed by atoms with Crippen LogP contribution in [0.1, 0.15) is 18.4 Å². The summed E-state index contributed by atoms with van der Waals surface area (Å²) in [6.07, 6.45) is 2.33. The zero-order valence-electron chi connectivity index (χ0n) is 10.9. The van der Waals surface area contributed by atoms with Crippen LogP contribution in [0.3, 0.4) is 0 Å². The van der Waals surface area contributed by atoms with Gasteiger partial charge in [0.05, 0.1) is 0 Å². The Bertz CT molecular complexity index is 613. The Kier molecular flexibility index (Phi) is 3.90. The third-order valence-electron chi connectivity index (χ3n) is 3.24. The fraction of sp³-hybridized carbons (Fsp3) is 0.250. The largest absolute Gasteiger partial charge is 0.457 e. The van der Waals surface area contributed by atoms with E-state index < -0.39 is 0 Å². The number of hydrogen-bond donors (Lipinski definition) is 1. The second kappa shape index (κ2) is 5.81. The van der Waals surface area contributed by atoms with Crippen LogP contribution in [0.5, 0.6) is 11.5 Å². The minimum atomic E-state index is -0.252. The molecule has 4 heteroatoms. The quantitative estimate of drug-likeness (QED) is 0.874. The number of nitrogens with one attached hydrogen (secondary N) is 1. The minimum absolute atomic E-state index is 0.252. The minimum Gasteiger partial charge on any atom is -0.457 e. The Morgan fingerprint density at radius 2 is 2.00 bits per heavy atom. The Morgan fingerprint density at radius 3 is 2.75 bits per heavy atom. The van der Waals surface area contributed by atoms with Crippen molar-refractivity contribution in [2.24, 2.45) is 0 Å². The summed E-state index contributed by atoms with van der Waals surface area (Å²) < 4.78 is 19.7. The lowest BCUT2D eigenvalue weighted by Crippen LogP contribution is -2.16. The summed E-state index contributed by atoms with van der Waals surface area (Å²) in [5.41, 5.74) is 0.555. The molecule has 0 bridgehead atoms. The normalized spacial score (nSPS) is 14.3. The van der Waals surface area contributed by atoms with Crippen molar-refractivity contribution >= 4 is 11.6 Å². The molecule has 0 spiro atoms. The molecule has 0 unspecified atom stereocenters. The van der Waals surface area contributed by atoms with Crippen molar-refractivity contribution in [3.63, 3.8) is 0 Å². The van der Waals surface area contributed by atoms with Gasteiger partial charge in [0.1, 0.15) is 17.3 Å². The van der Waals surface area contributed by atoms with Crippen molar-refractivity contribution < 1.29 is 9.13 Å². The smallest absolute Gasteiger partial charge is 0.134 e. The van der Waals surface area contributed by atoms with Crippen LogP contribution in [0.4, 0.5) is 4.39 Å². The third kappa shape index (κ3) is 3.30. The van der Waals surface area contributed by atoms with Gasteiger partial charge < -0.3 is 10.1 Å². The molecule has 0 atom stereocenters. The molecule has 1 aliphatic rings. The summed E-state index contributed by atoms with van der Waals surface area (Å²) in [5, 5.41) is 3.90. The van der Waals surface area contributed by atoms with Crippen LogP contribution in [0.2, 0.25) is 5.02 Å². The topological polar surface area (TPSA) is 21.3 Å². The first-order chi connectivity index (χ1) is 9.72. The monoisotopic (exact) mass is 291 g/mol. The zero-order chi connectivity index (χ0) is 13.9. The predicted molar refractivity (Wildman–Crippen MR) is 77.8 cm³/mol.